The predicted octanol–water partition coefficient (Wildman–Crippen LogP) is 0.389. The summed E-state index contributed by atoms with van der Waals surface area (Å²) < 4.78 is 6.58. The Morgan fingerprint density at radius 1 is 2.25 bits per heavy atom. The van der Waals surface area contributed by atoms with Gasteiger partial charge in [0.2, 0.25) is 0 Å². The lowest BCUT2D eigenvalue weighted by Crippen LogP contribution is -1.69. The standard InChI is InChI=1S/C3H8O/c1-2-3-4/h4H,2-3H2,1H3/i2D/t2-/m1/s1. The van der Waals surface area contributed by atoms with Gasteiger partial charge in [-0.3, -0.25) is 0 Å². The van der Waals surface area contributed by atoms with Crippen LogP contribution in [-0.4, -0.2) is 11.7 Å². The molecular weight excluding hydrogens is 52.0 g/mol. The molecule has 0 fully saturated rings. The van der Waals surface area contributed by atoms with Gasteiger partial charge in [0.1, 0.15) is 0 Å². The number of aliphatic hydroxyl groups is 1. The van der Waals surface area contributed by atoms with Crippen molar-refractivity contribution in [2.24, 2.45) is 0 Å². The first-order valence-corrected chi connectivity index (χ1v) is 1.30. The first-order valence-electron chi connectivity index (χ1n) is 1.88. The molecule has 0 saturated heterocycles. The highest BCUT2D eigenvalue weighted by molar-refractivity contribution is 4.10. The minimum atomic E-state index is -0.310. The molecule has 0 amide bonds. The summed E-state index contributed by atoms with van der Waals surface area (Å²) in [6.07, 6.45) is -0.310. The molecule has 26 valence electrons. The third-order valence-electron chi connectivity index (χ3n) is 0.183. The summed E-state index contributed by atoms with van der Waals surface area (Å²) in [6, 6.07) is 0. The summed E-state index contributed by atoms with van der Waals surface area (Å²) in [4.78, 5) is 0. The number of hydrogen-bond acceptors (Lipinski definition) is 1. The van der Waals surface area contributed by atoms with Crippen LogP contribution in [0.2, 0.25) is 0 Å². The second kappa shape index (κ2) is 2.96. The van der Waals surface area contributed by atoms with Gasteiger partial charge < -0.3 is 5.11 Å². The zero-order valence-electron chi connectivity index (χ0n) is 3.73. The number of rotatable bonds is 1. The van der Waals surface area contributed by atoms with Gasteiger partial charge >= 0.3 is 0 Å². The molecule has 0 aliphatic rings. The van der Waals surface area contributed by atoms with Crippen molar-refractivity contribution in [1.29, 1.82) is 0 Å². The summed E-state index contributed by atoms with van der Waals surface area (Å²) >= 11 is 0. The average molecular weight is 61.1 g/mol. The van der Waals surface area contributed by atoms with Crippen molar-refractivity contribution in [1.82, 2.24) is 0 Å². The topological polar surface area (TPSA) is 20.2 Å². The van der Waals surface area contributed by atoms with Gasteiger partial charge in [0.15, 0.2) is 0 Å². The van der Waals surface area contributed by atoms with E-state index in [0.717, 1.165) is 0 Å². The fourth-order valence-electron chi connectivity index (χ4n) is 0. The molecule has 0 unspecified atom stereocenters. The summed E-state index contributed by atoms with van der Waals surface area (Å²) in [5.41, 5.74) is 0. The highest BCUT2D eigenvalue weighted by Crippen LogP contribution is 1.61. The van der Waals surface area contributed by atoms with Gasteiger partial charge in [-0.25, -0.2) is 0 Å². The minimum absolute atomic E-state index is 0.0278. The second-order valence-electron chi connectivity index (χ2n) is 0.591. The maximum absolute atomic E-state index is 7.96. The van der Waals surface area contributed by atoms with E-state index >= 15 is 0 Å². The monoisotopic (exact) mass is 61.1 g/mol. The molecule has 4 heavy (non-hydrogen) atoms. The van der Waals surface area contributed by atoms with Gasteiger partial charge in [-0.1, -0.05) is 6.92 Å². The smallest absolute Gasteiger partial charge is 0.0428 e. The van der Waals surface area contributed by atoms with Gasteiger partial charge in [-0.05, 0) is 6.40 Å². The molecule has 1 N–H and O–H groups in total. The van der Waals surface area contributed by atoms with Crippen molar-refractivity contribution < 1.29 is 6.48 Å². The zero-order chi connectivity index (χ0) is 4.28. The van der Waals surface area contributed by atoms with E-state index in [9.17, 15) is 0 Å². The van der Waals surface area contributed by atoms with E-state index in [1.807, 2.05) is 0 Å². The molecule has 0 rings (SSSR count). The van der Waals surface area contributed by atoms with E-state index in [2.05, 4.69) is 0 Å². The lowest BCUT2D eigenvalue weighted by molar-refractivity contribution is 0.295. The zero-order valence-corrected chi connectivity index (χ0v) is 2.73. The van der Waals surface area contributed by atoms with Crippen LogP contribution in [-0.2, 0) is 0 Å². The van der Waals surface area contributed by atoms with Crippen LogP contribution in [0.3, 0.4) is 0 Å². The summed E-state index contributed by atoms with van der Waals surface area (Å²) in [5.74, 6) is 0. The van der Waals surface area contributed by atoms with Crippen molar-refractivity contribution in [3.05, 3.63) is 0 Å². The number of hydrogen-bond donors (Lipinski definition) is 1. The van der Waals surface area contributed by atoms with Crippen molar-refractivity contribution >= 4 is 0 Å². The van der Waals surface area contributed by atoms with Crippen LogP contribution in [0.15, 0.2) is 0 Å². The fourth-order valence-corrected chi connectivity index (χ4v) is 0. The number of aliphatic hydroxyl groups excluding tert-OH is 1. The maximum atomic E-state index is 7.96. The second-order valence-corrected chi connectivity index (χ2v) is 0.591. The highest BCUT2D eigenvalue weighted by atomic mass is 16.2. The normalized spacial score (nSPS) is 19.0. The van der Waals surface area contributed by atoms with Gasteiger partial charge in [-0.15, -0.1) is 0 Å². The Bertz CT molecular complexity index is 20.9. The molecule has 0 aliphatic heterocycles. The van der Waals surface area contributed by atoms with Crippen LogP contribution < -0.4 is 0 Å². The van der Waals surface area contributed by atoms with E-state index in [4.69, 9.17) is 6.48 Å². The van der Waals surface area contributed by atoms with E-state index in [-0.39, 0.29) is 13.0 Å². The third-order valence-corrected chi connectivity index (χ3v) is 0.183. The average Bonchev–Trinajstić information content (AvgIpc) is 1.38. The summed E-state index contributed by atoms with van der Waals surface area (Å²) in [5, 5.41) is 7.96. The predicted molar refractivity (Wildman–Crippen MR) is 17.4 cm³/mol. The molecule has 1 heteroatoms. The Labute approximate surface area is 27.7 Å². The molecule has 0 radical (unpaired) electrons. The molecule has 0 saturated carbocycles. The SMILES string of the molecule is [2H][C@H](C)CO. The van der Waals surface area contributed by atoms with E-state index in [0.29, 0.717) is 0 Å². The quantitative estimate of drug-likeness (QED) is 0.465. The minimum Gasteiger partial charge on any atom is -0.396 e. The first-order chi connectivity index (χ1) is 2.27. The molecular formula is C3H8O. The van der Waals surface area contributed by atoms with Gasteiger partial charge in [0, 0.05) is 7.98 Å². The molecule has 0 aliphatic carbocycles. The Kier molecular flexibility index (Phi) is 1.64. The van der Waals surface area contributed by atoms with Crippen molar-refractivity contribution in [2.45, 2.75) is 13.3 Å². The Hall–Kier alpha value is -0.0400. The molecule has 0 aromatic carbocycles. The van der Waals surface area contributed by atoms with Crippen LogP contribution >= 0.6 is 0 Å². The lowest BCUT2D eigenvalue weighted by Gasteiger charge is -1.69. The Morgan fingerprint density at radius 3 is 2.50 bits per heavy atom. The van der Waals surface area contributed by atoms with E-state index in [1.54, 1.807) is 6.92 Å². The van der Waals surface area contributed by atoms with Crippen LogP contribution in [0.1, 0.15) is 14.7 Å². The van der Waals surface area contributed by atoms with Crippen LogP contribution in [0.5, 0.6) is 0 Å². The Balaban J connectivity index is 2.54. The fraction of sp³-hybridized carbons (Fsp3) is 1.00. The van der Waals surface area contributed by atoms with Gasteiger partial charge in [0.25, 0.3) is 0 Å². The lowest BCUT2D eigenvalue weighted by atomic mass is 10.5. The highest BCUT2D eigenvalue weighted by Gasteiger charge is 1.57. The molecule has 1 atom stereocenters. The van der Waals surface area contributed by atoms with Crippen molar-refractivity contribution in [3.63, 3.8) is 0 Å². The van der Waals surface area contributed by atoms with Gasteiger partial charge in [0.05, 0.1) is 0 Å². The third kappa shape index (κ3) is 1.96. The largest absolute Gasteiger partial charge is 0.396 e. The summed E-state index contributed by atoms with van der Waals surface area (Å²) in [7, 11) is 0. The van der Waals surface area contributed by atoms with Crippen molar-refractivity contribution in [2.75, 3.05) is 6.61 Å². The molecule has 0 aromatic rings. The maximum Gasteiger partial charge on any atom is 0.0428 e. The van der Waals surface area contributed by atoms with Crippen LogP contribution in [0.25, 0.3) is 0 Å². The molecule has 0 heterocycles. The first kappa shape index (κ1) is 2.21. The van der Waals surface area contributed by atoms with Gasteiger partial charge in [-0.2, -0.15) is 0 Å². The van der Waals surface area contributed by atoms with E-state index < -0.39 is 0 Å². The van der Waals surface area contributed by atoms with Crippen molar-refractivity contribution in [3.8, 4) is 0 Å². The molecule has 1 nitrogen and oxygen atoms in total. The molecule has 0 bridgehead atoms. The Morgan fingerprint density at radius 2 is 2.50 bits per heavy atom. The molecule has 0 spiro atoms. The molecule has 0 aromatic heterocycles. The van der Waals surface area contributed by atoms with Crippen LogP contribution in [0.4, 0.5) is 0 Å². The summed E-state index contributed by atoms with van der Waals surface area (Å²) in [6.45, 7) is 1.61. The van der Waals surface area contributed by atoms with E-state index in [1.165, 1.54) is 0 Å². The van der Waals surface area contributed by atoms with Crippen LogP contribution in [0, 0.1) is 0 Å².